The molecule has 3 rings (SSSR count). The second-order valence-electron chi connectivity index (χ2n) is 5.89. The molecule has 3 heteroatoms. The van der Waals surface area contributed by atoms with Crippen molar-refractivity contribution in [3.8, 4) is 5.75 Å². The number of fused-ring (bicyclic) bond motifs is 1. The molecule has 2 atom stereocenters. The molecule has 0 amide bonds. The Bertz CT molecular complexity index is 575. The lowest BCUT2D eigenvalue weighted by Gasteiger charge is -2.15. The number of methoxy groups -OCH3 is 1. The number of nitrogens with one attached hydrogen (secondary N) is 1. The second kappa shape index (κ2) is 5.88. The largest absolute Gasteiger partial charge is 0.493 e. The highest BCUT2D eigenvalue weighted by Crippen LogP contribution is 2.31. The van der Waals surface area contributed by atoms with Gasteiger partial charge < -0.3 is 14.5 Å². The molecule has 108 valence electrons. The predicted octanol–water partition coefficient (Wildman–Crippen LogP) is 3.97. The number of hydrogen-bond donors (Lipinski definition) is 1. The van der Waals surface area contributed by atoms with Crippen molar-refractivity contribution in [1.29, 1.82) is 0 Å². The van der Waals surface area contributed by atoms with Gasteiger partial charge >= 0.3 is 0 Å². The molecule has 1 fully saturated rings. The molecule has 1 aliphatic carbocycles. The van der Waals surface area contributed by atoms with Gasteiger partial charge in [0.1, 0.15) is 5.76 Å². The van der Waals surface area contributed by atoms with E-state index in [0.29, 0.717) is 0 Å². The molecule has 1 aromatic carbocycles. The number of furan rings is 1. The van der Waals surface area contributed by atoms with Crippen molar-refractivity contribution in [2.45, 2.75) is 32.7 Å². The summed E-state index contributed by atoms with van der Waals surface area (Å²) >= 11 is 0. The first-order chi connectivity index (χ1) is 9.78. The van der Waals surface area contributed by atoms with Crippen LogP contribution in [0.4, 0.5) is 0 Å². The van der Waals surface area contributed by atoms with E-state index in [1.165, 1.54) is 19.3 Å². The molecule has 0 aliphatic heterocycles. The van der Waals surface area contributed by atoms with Gasteiger partial charge in [-0.2, -0.15) is 0 Å². The molecule has 1 saturated carbocycles. The Hall–Kier alpha value is -1.48. The molecule has 3 nitrogen and oxygen atoms in total. The average Bonchev–Trinajstić information content (AvgIpc) is 3.04. The molecule has 0 spiro atoms. The van der Waals surface area contributed by atoms with E-state index in [1.54, 1.807) is 7.11 Å². The van der Waals surface area contributed by atoms with Crippen molar-refractivity contribution < 1.29 is 9.15 Å². The quantitative estimate of drug-likeness (QED) is 0.895. The third kappa shape index (κ3) is 2.68. The first-order valence-electron chi connectivity index (χ1n) is 7.54. The maximum Gasteiger partial charge on any atom is 0.176 e. The van der Waals surface area contributed by atoms with Crippen LogP contribution in [0, 0.1) is 11.8 Å². The summed E-state index contributed by atoms with van der Waals surface area (Å²) in [6, 6.07) is 8.09. The Morgan fingerprint density at radius 1 is 1.35 bits per heavy atom. The Kier molecular flexibility index (Phi) is 3.97. The molecule has 1 N–H and O–H groups in total. The fourth-order valence-corrected chi connectivity index (χ4v) is 3.24. The normalized spacial score (nSPS) is 22.5. The molecule has 1 aromatic heterocycles. The summed E-state index contributed by atoms with van der Waals surface area (Å²) < 4.78 is 11.2. The lowest BCUT2D eigenvalue weighted by atomic mass is 9.98. The van der Waals surface area contributed by atoms with Gasteiger partial charge in [0.15, 0.2) is 11.3 Å². The molecule has 2 aromatic rings. The van der Waals surface area contributed by atoms with Gasteiger partial charge in [-0.25, -0.2) is 0 Å². The van der Waals surface area contributed by atoms with Gasteiger partial charge in [-0.1, -0.05) is 31.9 Å². The highest BCUT2D eigenvalue weighted by molar-refractivity contribution is 5.83. The molecule has 0 radical (unpaired) electrons. The first kappa shape index (κ1) is 13.5. The fraction of sp³-hybridized carbons (Fsp3) is 0.529. The van der Waals surface area contributed by atoms with Crippen molar-refractivity contribution in [1.82, 2.24) is 5.32 Å². The van der Waals surface area contributed by atoms with Gasteiger partial charge in [-0.15, -0.1) is 0 Å². The van der Waals surface area contributed by atoms with Crippen LogP contribution in [0.3, 0.4) is 0 Å². The van der Waals surface area contributed by atoms with E-state index in [1.807, 2.05) is 12.1 Å². The summed E-state index contributed by atoms with van der Waals surface area (Å²) in [5, 5.41) is 4.64. The van der Waals surface area contributed by atoms with Crippen molar-refractivity contribution >= 4 is 11.0 Å². The molecule has 0 bridgehead atoms. The zero-order valence-corrected chi connectivity index (χ0v) is 12.3. The molecular formula is C17H23NO2. The monoisotopic (exact) mass is 273 g/mol. The molecule has 2 unspecified atom stereocenters. The summed E-state index contributed by atoms with van der Waals surface area (Å²) in [7, 11) is 1.68. The number of benzene rings is 1. The molecule has 20 heavy (non-hydrogen) atoms. The minimum atomic E-state index is 0.793. The smallest absolute Gasteiger partial charge is 0.176 e. The maximum atomic E-state index is 5.89. The Balaban J connectivity index is 1.63. The molecule has 1 heterocycles. The minimum absolute atomic E-state index is 0.793. The van der Waals surface area contributed by atoms with E-state index in [2.05, 4.69) is 24.4 Å². The molecule has 0 saturated heterocycles. The zero-order chi connectivity index (χ0) is 13.9. The van der Waals surface area contributed by atoms with Gasteiger partial charge in [0.25, 0.3) is 0 Å². The van der Waals surface area contributed by atoms with E-state index >= 15 is 0 Å². The summed E-state index contributed by atoms with van der Waals surface area (Å²) in [5.41, 5.74) is 0.848. The first-order valence-corrected chi connectivity index (χ1v) is 7.54. The van der Waals surface area contributed by atoms with Crippen LogP contribution in [-0.4, -0.2) is 13.7 Å². The van der Waals surface area contributed by atoms with Crippen molar-refractivity contribution in [3.05, 3.63) is 30.0 Å². The summed E-state index contributed by atoms with van der Waals surface area (Å²) in [4.78, 5) is 0. The predicted molar refractivity (Wildman–Crippen MR) is 81.0 cm³/mol. The van der Waals surface area contributed by atoms with Gasteiger partial charge in [0, 0.05) is 5.39 Å². The van der Waals surface area contributed by atoms with Crippen molar-refractivity contribution in [2.75, 3.05) is 13.7 Å². The van der Waals surface area contributed by atoms with E-state index in [0.717, 1.165) is 47.4 Å². The Morgan fingerprint density at radius 2 is 2.25 bits per heavy atom. The number of hydrogen-bond acceptors (Lipinski definition) is 3. The number of ether oxygens (including phenoxy) is 1. The van der Waals surface area contributed by atoms with Gasteiger partial charge in [-0.05, 0) is 36.9 Å². The van der Waals surface area contributed by atoms with E-state index in [9.17, 15) is 0 Å². The Labute approximate surface area is 120 Å². The summed E-state index contributed by atoms with van der Waals surface area (Å²) in [6.07, 6.45) is 4.13. The van der Waals surface area contributed by atoms with Crippen LogP contribution in [0.5, 0.6) is 5.75 Å². The van der Waals surface area contributed by atoms with Crippen LogP contribution in [0.15, 0.2) is 28.7 Å². The third-order valence-electron chi connectivity index (χ3n) is 4.52. The van der Waals surface area contributed by atoms with Crippen LogP contribution in [0.25, 0.3) is 11.0 Å². The number of rotatable bonds is 5. The van der Waals surface area contributed by atoms with Crippen molar-refractivity contribution in [2.24, 2.45) is 11.8 Å². The molecule has 1 aliphatic rings. The zero-order valence-electron chi connectivity index (χ0n) is 12.3. The van der Waals surface area contributed by atoms with Crippen LogP contribution in [0.1, 0.15) is 31.9 Å². The lowest BCUT2D eigenvalue weighted by Crippen LogP contribution is -2.23. The highest BCUT2D eigenvalue weighted by atomic mass is 16.5. The van der Waals surface area contributed by atoms with Crippen LogP contribution in [-0.2, 0) is 6.54 Å². The van der Waals surface area contributed by atoms with E-state index in [-0.39, 0.29) is 0 Å². The summed E-state index contributed by atoms with van der Waals surface area (Å²) in [6.45, 7) is 4.25. The van der Waals surface area contributed by atoms with Crippen molar-refractivity contribution in [3.63, 3.8) is 0 Å². The second-order valence-corrected chi connectivity index (χ2v) is 5.89. The topological polar surface area (TPSA) is 34.4 Å². The third-order valence-corrected chi connectivity index (χ3v) is 4.52. The average molecular weight is 273 g/mol. The number of para-hydroxylation sites is 1. The van der Waals surface area contributed by atoms with Crippen LogP contribution in [0.2, 0.25) is 0 Å². The van der Waals surface area contributed by atoms with Gasteiger partial charge in [0.2, 0.25) is 0 Å². The van der Waals surface area contributed by atoms with Crippen LogP contribution < -0.4 is 10.1 Å². The maximum absolute atomic E-state index is 5.89. The summed E-state index contributed by atoms with van der Waals surface area (Å²) in [5.74, 6) is 3.47. The van der Waals surface area contributed by atoms with Crippen LogP contribution >= 0.6 is 0 Å². The van der Waals surface area contributed by atoms with E-state index < -0.39 is 0 Å². The van der Waals surface area contributed by atoms with Gasteiger partial charge in [-0.3, -0.25) is 0 Å². The minimum Gasteiger partial charge on any atom is -0.493 e. The van der Waals surface area contributed by atoms with E-state index in [4.69, 9.17) is 9.15 Å². The molecular weight excluding hydrogens is 250 g/mol. The fourth-order valence-electron chi connectivity index (χ4n) is 3.24. The van der Waals surface area contributed by atoms with Gasteiger partial charge in [0.05, 0.1) is 13.7 Å². The standard InChI is InChI=1S/C17H23NO2/c1-12-5-3-7-14(12)10-18-11-15-9-13-6-4-8-16(19-2)17(13)20-15/h4,6,8-9,12,14,18H,3,5,7,10-11H2,1-2H3. The highest BCUT2D eigenvalue weighted by Gasteiger charge is 2.22. The SMILES string of the molecule is COc1cccc2cc(CNCC3CCCC3C)oc12. The Morgan fingerprint density at radius 3 is 3.00 bits per heavy atom. The lowest BCUT2D eigenvalue weighted by molar-refractivity contribution is 0.379.